The summed E-state index contributed by atoms with van der Waals surface area (Å²) in [7, 11) is 0. The fourth-order valence-electron chi connectivity index (χ4n) is 1.56. The van der Waals surface area contributed by atoms with Crippen LogP contribution in [-0.2, 0) is 0 Å². The van der Waals surface area contributed by atoms with Crippen LogP contribution in [0.25, 0.3) is 0 Å². The SMILES string of the molecule is Cc1cccc(Nc2nnccc2C#N)c1C#N. The smallest absolute Gasteiger partial charge is 0.171 e. The highest BCUT2D eigenvalue weighted by Gasteiger charge is 2.08. The Bertz CT molecular complexity index is 664. The second-order valence-electron chi connectivity index (χ2n) is 3.64. The maximum absolute atomic E-state index is 9.11. The number of aryl methyl sites for hydroxylation is 1. The van der Waals surface area contributed by atoms with Crippen LogP contribution in [-0.4, -0.2) is 10.2 Å². The quantitative estimate of drug-likeness (QED) is 0.862. The zero-order valence-corrected chi connectivity index (χ0v) is 9.68. The third-order valence-electron chi connectivity index (χ3n) is 2.48. The van der Waals surface area contributed by atoms with Crippen LogP contribution in [0.3, 0.4) is 0 Å². The van der Waals surface area contributed by atoms with Gasteiger partial charge in [-0.1, -0.05) is 12.1 Å². The first-order chi connectivity index (χ1) is 8.76. The predicted octanol–water partition coefficient (Wildman–Crippen LogP) is 2.27. The summed E-state index contributed by atoms with van der Waals surface area (Å²) in [6.45, 7) is 1.85. The molecule has 1 heterocycles. The minimum absolute atomic E-state index is 0.349. The molecule has 1 N–H and O–H groups in total. The van der Waals surface area contributed by atoms with E-state index >= 15 is 0 Å². The lowest BCUT2D eigenvalue weighted by atomic mass is 10.1. The fraction of sp³-hybridized carbons (Fsp3) is 0.0769. The van der Waals surface area contributed by atoms with Crippen molar-refractivity contribution in [2.45, 2.75) is 6.92 Å². The molecule has 2 aromatic rings. The Labute approximate surface area is 104 Å². The Morgan fingerprint density at radius 1 is 1.17 bits per heavy atom. The van der Waals surface area contributed by atoms with Gasteiger partial charge in [0.2, 0.25) is 0 Å². The van der Waals surface area contributed by atoms with Gasteiger partial charge in [0, 0.05) is 0 Å². The molecule has 0 aliphatic carbocycles. The van der Waals surface area contributed by atoms with E-state index in [0.29, 0.717) is 22.6 Å². The maximum atomic E-state index is 9.11. The van der Waals surface area contributed by atoms with E-state index in [-0.39, 0.29) is 0 Å². The number of nitriles is 2. The van der Waals surface area contributed by atoms with Crippen LogP contribution >= 0.6 is 0 Å². The van der Waals surface area contributed by atoms with E-state index in [9.17, 15) is 0 Å². The molecule has 2 rings (SSSR count). The topological polar surface area (TPSA) is 85.4 Å². The summed E-state index contributed by atoms with van der Waals surface area (Å²) in [5.41, 5.74) is 2.40. The molecule has 0 spiro atoms. The van der Waals surface area contributed by atoms with Gasteiger partial charge in [-0.25, -0.2) is 0 Å². The largest absolute Gasteiger partial charge is 0.337 e. The van der Waals surface area contributed by atoms with E-state index in [1.54, 1.807) is 12.1 Å². The van der Waals surface area contributed by atoms with Crippen LogP contribution in [0.5, 0.6) is 0 Å². The Morgan fingerprint density at radius 2 is 2.00 bits per heavy atom. The maximum Gasteiger partial charge on any atom is 0.171 e. The van der Waals surface area contributed by atoms with Crippen LogP contribution in [0.4, 0.5) is 11.5 Å². The molecule has 86 valence electrons. The van der Waals surface area contributed by atoms with E-state index in [1.165, 1.54) is 6.20 Å². The molecule has 1 aromatic carbocycles. The number of aromatic nitrogens is 2. The van der Waals surface area contributed by atoms with Gasteiger partial charge in [-0.3, -0.25) is 0 Å². The highest BCUT2D eigenvalue weighted by molar-refractivity contribution is 5.69. The van der Waals surface area contributed by atoms with Gasteiger partial charge in [0.1, 0.15) is 12.1 Å². The summed E-state index contributed by atoms with van der Waals surface area (Å²) in [5.74, 6) is 0.349. The molecule has 0 saturated heterocycles. The van der Waals surface area contributed by atoms with Gasteiger partial charge < -0.3 is 5.32 Å². The molecule has 0 bridgehead atoms. The minimum Gasteiger partial charge on any atom is -0.337 e. The summed E-state index contributed by atoms with van der Waals surface area (Å²) in [5, 5.41) is 28.6. The first kappa shape index (κ1) is 11.6. The normalized spacial score (nSPS) is 9.28. The van der Waals surface area contributed by atoms with Gasteiger partial charge in [0.05, 0.1) is 23.0 Å². The van der Waals surface area contributed by atoms with E-state index in [1.807, 2.05) is 25.1 Å². The standard InChI is InChI=1S/C13H9N5/c1-9-3-2-4-12(11(9)8-15)17-13-10(7-14)5-6-16-18-13/h2-6H,1H3,(H,17,18). The summed E-state index contributed by atoms with van der Waals surface area (Å²) >= 11 is 0. The lowest BCUT2D eigenvalue weighted by molar-refractivity contribution is 1.03. The van der Waals surface area contributed by atoms with Crippen LogP contribution in [0, 0.1) is 29.6 Å². The van der Waals surface area contributed by atoms with Crippen molar-refractivity contribution in [3.05, 3.63) is 47.2 Å². The van der Waals surface area contributed by atoms with Gasteiger partial charge in [-0.05, 0) is 24.6 Å². The lowest BCUT2D eigenvalue weighted by Crippen LogP contribution is -2.00. The average Bonchev–Trinajstić information content (AvgIpc) is 2.40. The van der Waals surface area contributed by atoms with Crippen molar-refractivity contribution < 1.29 is 0 Å². The van der Waals surface area contributed by atoms with Crippen molar-refractivity contribution in [1.29, 1.82) is 10.5 Å². The van der Waals surface area contributed by atoms with E-state index in [0.717, 1.165) is 5.56 Å². The second kappa shape index (κ2) is 4.94. The van der Waals surface area contributed by atoms with E-state index in [2.05, 4.69) is 21.6 Å². The monoisotopic (exact) mass is 235 g/mol. The zero-order chi connectivity index (χ0) is 13.0. The number of hydrogen-bond donors (Lipinski definition) is 1. The van der Waals surface area contributed by atoms with Crippen molar-refractivity contribution in [2.75, 3.05) is 5.32 Å². The van der Waals surface area contributed by atoms with Crippen LogP contribution < -0.4 is 5.32 Å². The highest BCUT2D eigenvalue weighted by Crippen LogP contribution is 2.23. The number of hydrogen-bond acceptors (Lipinski definition) is 5. The zero-order valence-electron chi connectivity index (χ0n) is 9.68. The van der Waals surface area contributed by atoms with Gasteiger partial charge in [0.15, 0.2) is 5.82 Å². The van der Waals surface area contributed by atoms with Crippen molar-refractivity contribution in [3.63, 3.8) is 0 Å². The average molecular weight is 235 g/mol. The Morgan fingerprint density at radius 3 is 2.72 bits per heavy atom. The van der Waals surface area contributed by atoms with Crippen LogP contribution in [0.2, 0.25) is 0 Å². The van der Waals surface area contributed by atoms with Crippen molar-refractivity contribution in [1.82, 2.24) is 10.2 Å². The molecule has 0 unspecified atom stereocenters. The fourth-order valence-corrected chi connectivity index (χ4v) is 1.56. The summed E-state index contributed by atoms with van der Waals surface area (Å²) in [6.07, 6.45) is 1.45. The molecule has 0 saturated carbocycles. The van der Waals surface area contributed by atoms with Crippen LogP contribution in [0.15, 0.2) is 30.5 Å². The number of rotatable bonds is 2. The molecule has 1 aromatic heterocycles. The van der Waals surface area contributed by atoms with E-state index < -0.39 is 0 Å². The molecule has 0 aliphatic heterocycles. The van der Waals surface area contributed by atoms with Gasteiger partial charge in [-0.2, -0.15) is 15.6 Å². The first-order valence-electron chi connectivity index (χ1n) is 5.25. The third-order valence-corrected chi connectivity index (χ3v) is 2.48. The van der Waals surface area contributed by atoms with Crippen molar-refractivity contribution >= 4 is 11.5 Å². The molecular formula is C13H9N5. The molecule has 5 heteroatoms. The van der Waals surface area contributed by atoms with Gasteiger partial charge >= 0.3 is 0 Å². The summed E-state index contributed by atoms with van der Waals surface area (Å²) in [6, 6.07) is 11.2. The first-order valence-corrected chi connectivity index (χ1v) is 5.25. The summed E-state index contributed by atoms with van der Waals surface area (Å²) in [4.78, 5) is 0. The van der Waals surface area contributed by atoms with Crippen molar-refractivity contribution in [3.8, 4) is 12.1 Å². The predicted molar refractivity (Wildman–Crippen MR) is 65.9 cm³/mol. The molecule has 5 nitrogen and oxygen atoms in total. The van der Waals surface area contributed by atoms with Crippen LogP contribution in [0.1, 0.15) is 16.7 Å². The number of anilines is 2. The second-order valence-corrected chi connectivity index (χ2v) is 3.64. The van der Waals surface area contributed by atoms with E-state index in [4.69, 9.17) is 10.5 Å². The van der Waals surface area contributed by atoms with Gasteiger partial charge in [0.25, 0.3) is 0 Å². The molecular weight excluding hydrogens is 226 g/mol. The van der Waals surface area contributed by atoms with Crippen molar-refractivity contribution in [2.24, 2.45) is 0 Å². The number of benzene rings is 1. The molecule has 0 fully saturated rings. The third kappa shape index (κ3) is 2.11. The number of nitrogens with zero attached hydrogens (tertiary/aromatic N) is 4. The number of nitrogens with one attached hydrogen (secondary N) is 1. The highest BCUT2D eigenvalue weighted by atomic mass is 15.2. The lowest BCUT2D eigenvalue weighted by Gasteiger charge is -2.09. The molecule has 0 aliphatic rings. The molecule has 0 radical (unpaired) electrons. The molecule has 18 heavy (non-hydrogen) atoms. The van der Waals surface area contributed by atoms with Gasteiger partial charge in [-0.15, -0.1) is 5.10 Å². The Kier molecular flexibility index (Phi) is 3.17. The summed E-state index contributed by atoms with van der Waals surface area (Å²) < 4.78 is 0. The Balaban J connectivity index is 2.45. The Hall–Kier alpha value is -2.92. The molecule has 0 amide bonds. The molecule has 0 atom stereocenters. The minimum atomic E-state index is 0.349.